The zero-order valence-corrected chi connectivity index (χ0v) is 13.3. The highest BCUT2D eigenvalue weighted by Crippen LogP contribution is 2.43. The molecule has 0 fully saturated rings. The molecule has 0 saturated carbocycles. The Labute approximate surface area is 110 Å². The van der Waals surface area contributed by atoms with Crippen LogP contribution >= 0.6 is 0 Å². The molecule has 0 rings (SSSR count). The molecule has 0 atom stereocenters. The Hall–Kier alpha value is -0.330. The standard InChI is InChI=1S/C14H30B2O/c1-12(2,3)14(7,8)15-10-11-17-16(9)13(4,5)6/h10-11,15H,1-9H3. The quantitative estimate of drug-likeness (QED) is 0.512. The zero-order valence-electron chi connectivity index (χ0n) is 13.3. The normalized spacial score (nSPS) is 13.9. The molecule has 0 aliphatic rings. The number of hydrogen-bond donors (Lipinski definition) is 0. The lowest BCUT2D eigenvalue weighted by atomic mass is 9.45. The van der Waals surface area contributed by atoms with E-state index >= 15 is 0 Å². The molecule has 0 heterocycles. The van der Waals surface area contributed by atoms with Crippen LogP contribution in [0.3, 0.4) is 0 Å². The van der Waals surface area contributed by atoms with E-state index in [1.165, 1.54) is 0 Å². The van der Waals surface area contributed by atoms with Gasteiger partial charge in [0, 0.05) is 6.26 Å². The van der Waals surface area contributed by atoms with Gasteiger partial charge in [0.2, 0.25) is 0 Å². The van der Waals surface area contributed by atoms with Crippen molar-refractivity contribution >= 4 is 14.2 Å². The van der Waals surface area contributed by atoms with Crippen molar-refractivity contribution in [3.8, 4) is 0 Å². The second-order valence-electron chi connectivity index (χ2n) is 7.85. The summed E-state index contributed by atoms with van der Waals surface area (Å²) in [6.07, 6.45) is 1.88. The smallest absolute Gasteiger partial charge is 0.359 e. The monoisotopic (exact) mass is 236 g/mol. The van der Waals surface area contributed by atoms with Gasteiger partial charge in [0.05, 0.1) is 0 Å². The fraction of sp³-hybridized carbons (Fsp3) is 0.857. The molecule has 0 N–H and O–H groups in total. The van der Waals surface area contributed by atoms with Crippen LogP contribution in [0.1, 0.15) is 55.4 Å². The Morgan fingerprint density at radius 1 is 0.941 bits per heavy atom. The third kappa shape index (κ3) is 5.70. The van der Waals surface area contributed by atoms with Crippen LogP contribution in [0.5, 0.6) is 0 Å². The first kappa shape index (κ1) is 16.7. The molecule has 0 spiro atoms. The van der Waals surface area contributed by atoms with Gasteiger partial charge >= 0.3 is 6.92 Å². The van der Waals surface area contributed by atoms with E-state index in [-0.39, 0.29) is 17.5 Å². The predicted molar refractivity (Wildman–Crippen MR) is 82.2 cm³/mol. The van der Waals surface area contributed by atoms with Gasteiger partial charge in [0.15, 0.2) is 7.28 Å². The first-order chi connectivity index (χ1) is 7.38. The molecule has 1 nitrogen and oxygen atoms in total. The Bertz CT molecular complexity index is 256. The second-order valence-corrected chi connectivity index (χ2v) is 7.85. The van der Waals surface area contributed by atoms with Crippen LogP contribution in [0.2, 0.25) is 17.5 Å². The van der Waals surface area contributed by atoms with Crippen molar-refractivity contribution in [3.63, 3.8) is 0 Å². The summed E-state index contributed by atoms with van der Waals surface area (Å²) in [5.74, 6) is 2.16. The lowest BCUT2D eigenvalue weighted by molar-refractivity contribution is 0.300. The molecule has 0 aliphatic heterocycles. The van der Waals surface area contributed by atoms with Crippen LogP contribution < -0.4 is 0 Å². The minimum Gasteiger partial charge on any atom is -0.566 e. The first-order valence-electron chi connectivity index (χ1n) is 6.68. The van der Waals surface area contributed by atoms with E-state index in [1.807, 2.05) is 6.26 Å². The van der Waals surface area contributed by atoms with Crippen molar-refractivity contribution in [1.29, 1.82) is 0 Å². The zero-order chi connectivity index (χ0) is 13.9. The average molecular weight is 236 g/mol. The van der Waals surface area contributed by atoms with Gasteiger partial charge in [-0.05, 0) is 17.6 Å². The lowest BCUT2D eigenvalue weighted by Gasteiger charge is -2.37. The molecule has 0 aromatic carbocycles. The predicted octanol–water partition coefficient (Wildman–Crippen LogP) is 4.58. The van der Waals surface area contributed by atoms with Crippen LogP contribution in [0.4, 0.5) is 0 Å². The van der Waals surface area contributed by atoms with Crippen LogP contribution in [-0.2, 0) is 4.65 Å². The number of rotatable bonds is 4. The van der Waals surface area contributed by atoms with Gasteiger partial charge in [-0.25, -0.2) is 0 Å². The molecule has 17 heavy (non-hydrogen) atoms. The molecule has 0 radical (unpaired) electrons. The van der Waals surface area contributed by atoms with Crippen LogP contribution in [-0.4, -0.2) is 14.2 Å². The van der Waals surface area contributed by atoms with E-state index in [2.05, 4.69) is 68.2 Å². The summed E-state index contributed by atoms with van der Waals surface area (Å²) in [5.41, 5.74) is 0.312. The highest BCUT2D eigenvalue weighted by Gasteiger charge is 2.32. The van der Waals surface area contributed by atoms with Crippen molar-refractivity contribution < 1.29 is 4.65 Å². The fourth-order valence-electron chi connectivity index (χ4n) is 1.03. The van der Waals surface area contributed by atoms with Crippen molar-refractivity contribution in [3.05, 3.63) is 12.2 Å². The van der Waals surface area contributed by atoms with E-state index in [9.17, 15) is 0 Å². The van der Waals surface area contributed by atoms with Crippen molar-refractivity contribution in [2.75, 3.05) is 0 Å². The maximum Gasteiger partial charge on any atom is 0.359 e. The van der Waals surface area contributed by atoms with Gasteiger partial charge < -0.3 is 4.65 Å². The summed E-state index contributed by atoms with van der Waals surface area (Å²) in [6.45, 7) is 20.5. The molecule has 98 valence electrons. The largest absolute Gasteiger partial charge is 0.566 e. The molecule has 0 amide bonds. The van der Waals surface area contributed by atoms with Crippen LogP contribution in [0.25, 0.3) is 0 Å². The Morgan fingerprint density at radius 3 is 1.76 bits per heavy atom. The highest BCUT2D eigenvalue weighted by atomic mass is 16.4. The van der Waals surface area contributed by atoms with E-state index in [0.29, 0.717) is 5.41 Å². The molecule has 0 unspecified atom stereocenters. The van der Waals surface area contributed by atoms with Gasteiger partial charge in [-0.1, -0.05) is 66.7 Å². The molecule has 3 heteroatoms. The van der Waals surface area contributed by atoms with Gasteiger partial charge in [0.1, 0.15) is 0 Å². The number of hydrogen-bond acceptors (Lipinski definition) is 1. The summed E-state index contributed by atoms with van der Waals surface area (Å²) in [7, 11) is 1.05. The summed E-state index contributed by atoms with van der Waals surface area (Å²) in [5, 5.41) is 0.488. The first-order valence-corrected chi connectivity index (χ1v) is 6.68. The molecule has 0 aliphatic carbocycles. The maximum absolute atomic E-state index is 5.73. The Morgan fingerprint density at radius 2 is 1.41 bits per heavy atom. The molecular formula is C14H30B2O. The van der Waals surface area contributed by atoms with Crippen molar-refractivity contribution in [2.45, 2.75) is 72.8 Å². The summed E-state index contributed by atoms with van der Waals surface area (Å²) < 4.78 is 5.73. The molecule has 0 bridgehead atoms. The van der Waals surface area contributed by atoms with Crippen molar-refractivity contribution in [2.24, 2.45) is 5.41 Å². The van der Waals surface area contributed by atoms with E-state index in [1.54, 1.807) is 0 Å². The fourth-order valence-corrected chi connectivity index (χ4v) is 1.03. The van der Waals surface area contributed by atoms with Crippen LogP contribution in [0.15, 0.2) is 12.2 Å². The van der Waals surface area contributed by atoms with Gasteiger partial charge in [0.25, 0.3) is 0 Å². The maximum atomic E-state index is 5.73. The minimum atomic E-state index is 0.198. The molecular weight excluding hydrogens is 206 g/mol. The summed E-state index contributed by atoms with van der Waals surface area (Å²) >= 11 is 0. The molecule has 0 aromatic rings. The third-order valence-electron chi connectivity index (χ3n) is 4.26. The SMILES string of the molecule is CB(OC=CBC(C)(C)C(C)(C)C)C(C)(C)C. The average Bonchev–Trinajstić information content (AvgIpc) is 2.08. The summed E-state index contributed by atoms with van der Waals surface area (Å²) in [6, 6.07) is 0. The van der Waals surface area contributed by atoms with Crippen molar-refractivity contribution in [1.82, 2.24) is 0 Å². The van der Waals surface area contributed by atoms with Crippen LogP contribution in [0, 0.1) is 5.41 Å². The van der Waals surface area contributed by atoms with E-state index < -0.39 is 0 Å². The van der Waals surface area contributed by atoms with E-state index in [0.717, 1.165) is 7.28 Å². The summed E-state index contributed by atoms with van der Waals surface area (Å²) in [4.78, 5) is 0. The molecule has 0 saturated heterocycles. The highest BCUT2D eigenvalue weighted by molar-refractivity contribution is 6.54. The minimum absolute atomic E-state index is 0.198. The second kappa shape index (κ2) is 5.54. The van der Waals surface area contributed by atoms with E-state index in [4.69, 9.17) is 4.65 Å². The lowest BCUT2D eigenvalue weighted by Crippen LogP contribution is -2.28. The van der Waals surface area contributed by atoms with Gasteiger partial charge in [-0.15, -0.1) is 0 Å². The van der Waals surface area contributed by atoms with Gasteiger partial charge in [-0.3, -0.25) is 0 Å². The Balaban J connectivity index is 4.23. The third-order valence-corrected chi connectivity index (χ3v) is 4.26. The topological polar surface area (TPSA) is 9.23 Å². The van der Waals surface area contributed by atoms with Gasteiger partial charge in [-0.2, -0.15) is 0 Å². The molecule has 0 aromatic heterocycles. The Kier molecular flexibility index (Phi) is 5.43.